The van der Waals surface area contributed by atoms with E-state index in [0.717, 1.165) is 0 Å². The Morgan fingerprint density at radius 1 is 1.15 bits per heavy atom. The summed E-state index contributed by atoms with van der Waals surface area (Å²) < 4.78 is 5.10. The van der Waals surface area contributed by atoms with Crippen LogP contribution in [0.4, 0.5) is 5.69 Å². The predicted octanol–water partition coefficient (Wildman–Crippen LogP) is 2.40. The molecule has 104 valence electrons. The maximum Gasteiger partial charge on any atom is 0.238 e. The zero-order chi connectivity index (χ0) is 14.3. The minimum Gasteiger partial charge on any atom is -0.497 e. The molecule has 20 heavy (non-hydrogen) atoms. The Balaban J connectivity index is 1.94. The average molecular weight is 271 g/mol. The number of hydrogen-bond donors (Lipinski definition) is 0. The molecular formula is C16H17NO3. The molecular weight excluding hydrogens is 254 g/mol. The summed E-state index contributed by atoms with van der Waals surface area (Å²) in [5.41, 5.74) is 0.627. The number of ether oxygens (including phenoxy) is 1. The number of allylic oxidation sites excluding steroid dienone is 2. The Kier molecular flexibility index (Phi) is 3.08. The number of nitrogens with zero attached hydrogens (tertiary/aromatic N) is 1. The molecule has 0 spiro atoms. The van der Waals surface area contributed by atoms with Gasteiger partial charge >= 0.3 is 0 Å². The highest BCUT2D eigenvalue weighted by Crippen LogP contribution is 2.40. The van der Waals surface area contributed by atoms with E-state index in [1.54, 1.807) is 31.4 Å². The van der Waals surface area contributed by atoms with Gasteiger partial charge in [0.2, 0.25) is 11.8 Å². The molecule has 0 unspecified atom stereocenters. The lowest BCUT2D eigenvalue weighted by molar-refractivity contribution is -0.122. The first kappa shape index (κ1) is 12.9. The summed E-state index contributed by atoms with van der Waals surface area (Å²) >= 11 is 0. The molecule has 0 N–H and O–H groups in total. The minimum absolute atomic E-state index is 0.0815. The first-order valence-electron chi connectivity index (χ1n) is 6.82. The number of carbonyl (C=O) groups excluding carboxylic acids is 2. The fraction of sp³-hybridized carbons (Fsp3) is 0.375. The van der Waals surface area contributed by atoms with E-state index in [4.69, 9.17) is 4.74 Å². The number of amides is 2. The Morgan fingerprint density at radius 3 is 2.45 bits per heavy atom. The van der Waals surface area contributed by atoms with Crippen molar-refractivity contribution in [2.24, 2.45) is 17.8 Å². The average Bonchev–Trinajstić information content (AvgIpc) is 2.72. The van der Waals surface area contributed by atoms with Crippen LogP contribution in [0.2, 0.25) is 0 Å². The van der Waals surface area contributed by atoms with Crippen LogP contribution in [0.5, 0.6) is 5.75 Å². The maximum absolute atomic E-state index is 12.6. The second kappa shape index (κ2) is 4.78. The third-order valence-electron chi connectivity index (χ3n) is 4.20. The van der Waals surface area contributed by atoms with E-state index in [1.807, 2.05) is 19.1 Å². The van der Waals surface area contributed by atoms with Crippen molar-refractivity contribution in [3.63, 3.8) is 0 Å². The van der Waals surface area contributed by atoms with E-state index >= 15 is 0 Å². The van der Waals surface area contributed by atoms with Crippen LogP contribution in [0, 0.1) is 17.8 Å². The Morgan fingerprint density at radius 2 is 1.85 bits per heavy atom. The first-order valence-corrected chi connectivity index (χ1v) is 6.82. The lowest BCUT2D eigenvalue weighted by Gasteiger charge is -2.22. The number of carbonyl (C=O) groups is 2. The van der Waals surface area contributed by atoms with Crippen molar-refractivity contribution >= 4 is 17.5 Å². The molecule has 4 heteroatoms. The van der Waals surface area contributed by atoms with Gasteiger partial charge in [0.1, 0.15) is 5.75 Å². The summed E-state index contributed by atoms with van der Waals surface area (Å²) in [5.74, 6) is 0.247. The number of anilines is 1. The zero-order valence-electron chi connectivity index (χ0n) is 11.6. The predicted molar refractivity (Wildman–Crippen MR) is 75.4 cm³/mol. The lowest BCUT2D eigenvalue weighted by Crippen LogP contribution is -2.31. The normalized spacial score (nSPS) is 28.7. The van der Waals surface area contributed by atoms with Gasteiger partial charge in [0, 0.05) is 0 Å². The maximum atomic E-state index is 12.6. The van der Waals surface area contributed by atoms with Crippen LogP contribution >= 0.6 is 0 Å². The summed E-state index contributed by atoms with van der Waals surface area (Å²) in [6, 6.07) is 7.03. The number of hydrogen-bond acceptors (Lipinski definition) is 3. The van der Waals surface area contributed by atoms with Crippen molar-refractivity contribution in [2.45, 2.75) is 13.3 Å². The van der Waals surface area contributed by atoms with Crippen molar-refractivity contribution in [2.75, 3.05) is 12.0 Å². The van der Waals surface area contributed by atoms with Crippen LogP contribution in [0.3, 0.4) is 0 Å². The number of imide groups is 1. The quantitative estimate of drug-likeness (QED) is 0.613. The van der Waals surface area contributed by atoms with Crippen molar-refractivity contribution in [3.8, 4) is 5.75 Å². The van der Waals surface area contributed by atoms with E-state index in [9.17, 15) is 9.59 Å². The van der Waals surface area contributed by atoms with Crippen molar-refractivity contribution in [3.05, 3.63) is 36.4 Å². The first-order chi connectivity index (χ1) is 9.63. The largest absolute Gasteiger partial charge is 0.497 e. The molecule has 0 saturated carbocycles. The van der Waals surface area contributed by atoms with Gasteiger partial charge in [-0.1, -0.05) is 19.1 Å². The molecule has 0 bridgehead atoms. The fourth-order valence-electron chi connectivity index (χ4n) is 3.13. The highest BCUT2D eigenvalue weighted by Gasteiger charge is 2.50. The summed E-state index contributed by atoms with van der Waals surface area (Å²) in [5, 5.41) is 0. The third-order valence-corrected chi connectivity index (χ3v) is 4.20. The second-order valence-corrected chi connectivity index (χ2v) is 5.37. The molecule has 1 fully saturated rings. The lowest BCUT2D eigenvalue weighted by atomic mass is 9.78. The smallest absolute Gasteiger partial charge is 0.238 e. The van der Waals surface area contributed by atoms with Crippen LogP contribution in [-0.2, 0) is 9.59 Å². The SMILES string of the molecule is COc1ccc(N2C(=O)[C@H]3[C@H](C)C=CC[C@H]3C2=O)cc1. The molecule has 3 atom stereocenters. The molecule has 1 heterocycles. The standard InChI is InChI=1S/C16H17NO3/c1-10-4-3-5-13-14(10)16(19)17(15(13)18)11-6-8-12(20-2)9-7-11/h3-4,6-10,13-14H,5H2,1-2H3/t10-,13-,14+/m1/s1. The summed E-state index contributed by atoms with van der Waals surface area (Å²) in [6.45, 7) is 2.00. The topological polar surface area (TPSA) is 46.6 Å². The monoisotopic (exact) mass is 271 g/mol. The minimum atomic E-state index is -0.213. The number of methoxy groups -OCH3 is 1. The van der Waals surface area contributed by atoms with Crippen LogP contribution in [-0.4, -0.2) is 18.9 Å². The molecule has 0 radical (unpaired) electrons. The molecule has 2 aliphatic rings. The molecule has 1 aromatic carbocycles. The number of fused-ring (bicyclic) bond motifs is 1. The van der Waals surface area contributed by atoms with Gasteiger partial charge in [-0.15, -0.1) is 0 Å². The summed E-state index contributed by atoms with van der Waals surface area (Å²) in [6.07, 6.45) is 4.70. The van der Waals surface area contributed by atoms with Gasteiger partial charge in [-0.2, -0.15) is 0 Å². The molecule has 2 amide bonds. The van der Waals surface area contributed by atoms with Gasteiger partial charge in [-0.25, -0.2) is 0 Å². The molecule has 1 saturated heterocycles. The highest BCUT2D eigenvalue weighted by molar-refractivity contribution is 6.22. The van der Waals surface area contributed by atoms with Gasteiger partial charge in [-0.05, 0) is 36.6 Å². The van der Waals surface area contributed by atoms with E-state index in [0.29, 0.717) is 17.9 Å². The fourth-order valence-corrected chi connectivity index (χ4v) is 3.13. The molecule has 0 aromatic heterocycles. The van der Waals surface area contributed by atoms with Crippen LogP contribution in [0.15, 0.2) is 36.4 Å². The van der Waals surface area contributed by atoms with Crippen molar-refractivity contribution in [1.29, 1.82) is 0 Å². The molecule has 1 aromatic rings. The Hall–Kier alpha value is -2.10. The van der Waals surface area contributed by atoms with E-state index in [-0.39, 0.29) is 29.6 Å². The molecule has 1 aliphatic heterocycles. The van der Waals surface area contributed by atoms with Crippen LogP contribution in [0.1, 0.15) is 13.3 Å². The van der Waals surface area contributed by atoms with E-state index < -0.39 is 0 Å². The summed E-state index contributed by atoms with van der Waals surface area (Å²) in [4.78, 5) is 26.4. The second-order valence-electron chi connectivity index (χ2n) is 5.37. The molecule has 3 rings (SSSR count). The van der Waals surface area contributed by atoms with Gasteiger partial charge in [0.25, 0.3) is 0 Å². The van der Waals surface area contributed by atoms with Crippen LogP contribution in [0.25, 0.3) is 0 Å². The van der Waals surface area contributed by atoms with Crippen molar-refractivity contribution in [1.82, 2.24) is 0 Å². The molecule has 4 nitrogen and oxygen atoms in total. The number of rotatable bonds is 2. The Bertz CT molecular complexity index is 576. The number of benzene rings is 1. The van der Waals surface area contributed by atoms with Gasteiger partial charge in [0.05, 0.1) is 24.6 Å². The third kappa shape index (κ3) is 1.83. The van der Waals surface area contributed by atoms with Crippen LogP contribution < -0.4 is 9.64 Å². The van der Waals surface area contributed by atoms with Gasteiger partial charge in [-0.3, -0.25) is 14.5 Å². The molecule has 1 aliphatic carbocycles. The van der Waals surface area contributed by atoms with Gasteiger partial charge < -0.3 is 4.74 Å². The zero-order valence-corrected chi connectivity index (χ0v) is 11.6. The summed E-state index contributed by atoms with van der Waals surface area (Å²) in [7, 11) is 1.59. The highest BCUT2D eigenvalue weighted by atomic mass is 16.5. The van der Waals surface area contributed by atoms with Crippen molar-refractivity contribution < 1.29 is 14.3 Å². The van der Waals surface area contributed by atoms with E-state index in [1.165, 1.54) is 4.90 Å². The van der Waals surface area contributed by atoms with Gasteiger partial charge in [0.15, 0.2) is 0 Å². The Labute approximate surface area is 118 Å². The van der Waals surface area contributed by atoms with E-state index in [2.05, 4.69) is 0 Å².